The Labute approximate surface area is 228 Å². The summed E-state index contributed by atoms with van der Waals surface area (Å²) < 4.78 is 4.31. The van der Waals surface area contributed by atoms with Gasteiger partial charge in [0, 0.05) is 48.3 Å². The Morgan fingerprint density at radius 1 is 1.24 bits per heavy atom. The zero-order valence-electron chi connectivity index (χ0n) is 22.8. The minimum atomic E-state index is -0.0138. The van der Waals surface area contributed by atoms with Crippen molar-refractivity contribution in [3.05, 3.63) is 53.0 Å². The number of hydrogen-bond acceptors (Lipinski definition) is 4. The van der Waals surface area contributed by atoms with Crippen molar-refractivity contribution in [2.75, 3.05) is 33.7 Å². The lowest BCUT2D eigenvalue weighted by atomic mass is 9.96. The van der Waals surface area contributed by atoms with Crippen LogP contribution < -0.4 is 4.68 Å². The highest BCUT2D eigenvalue weighted by Crippen LogP contribution is 2.44. The summed E-state index contributed by atoms with van der Waals surface area (Å²) >= 11 is 7.03. The van der Waals surface area contributed by atoms with Crippen LogP contribution in [0.25, 0.3) is 33.4 Å². The minimum absolute atomic E-state index is 0.0138. The summed E-state index contributed by atoms with van der Waals surface area (Å²) in [5.74, 6) is -0.0138. The van der Waals surface area contributed by atoms with E-state index in [1.54, 1.807) is 0 Å². The molecule has 10 heteroatoms. The second-order valence-corrected chi connectivity index (χ2v) is 10.9. The molecule has 3 aromatic heterocycles. The summed E-state index contributed by atoms with van der Waals surface area (Å²) in [5.41, 5.74) is 7.89. The van der Waals surface area contributed by atoms with Gasteiger partial charge in [0.05, 0.1) is 29.3 Å². The number of aromatic nitrogens is 6. The first kappa shape index (κ1) is 26.2. The van der Waals surface area contributed by atoms with E-state index >= 15 is 0 Å². The number of carbonyl (C=O) groups is 1. The molecule has 0 aliphatic carbocycles. The van der Waals surface area contributed by atoms with Crippen LogP contribution in [0.3, 0.4) is 0 Å². The molecular weight excluding hydrogens is 500 g/mol. The summed E-state index contributed by atoms with van der Waals surface area (Å²) in [6, 6.07) is 4.37. The number of nitrogens with zero attached hydrogens (tertiary/aromatic N) is 6. The molecule has 0 unspecified atom stereocenters. The fraction of sp³-hybridized carbons (Fsp3) is 0.429. The molecule has 200 valence electrons. The third-order valence-electron chi connectivity index (χ3n) is 7.62. The van der Waals surface area contributed by atoms with Gasteiger partial charge in [0.1, 0.15) is 11.4 Å². The van der Waals surface area contributed by atoms with Gasteiger partial charge in [0.2, 0.25) is 11.6 Å². The van der Waals surface area contributed by atoms with Crippen LogP contribution in [-0.2, 0) is 11.3 Å². The van der Waals surface area contributed by atoms with Crippen LogP contribution >= 0.6 is 11.6 Å². The van der Waals surface area contributed by atoms with E-state index in [0.29, 0.717) is 18.1 Å². The second-order valence-electron chi connectivity index (χ2n) is 10.5. The van der Waals surface area contributed by atoms with Gasteiger partial charge in [-0.25, -0.2) is 0 Å². The van der Waals surface area contributed by atoms with Crippen LogP contribution in [0.2, 0.25) is 5.02 Å². The third kappa shape index (κ3) is 4.65. The number of benzene rings is 1. The van der Waals surface area contributed by atoms with Crippen molar-refractivity contribution in [1.29, 1.82) is 0 Å². The Bertz CT molecular complexity index is 1500. The number of piperidine rings is 1. The smallest absolute Gasteiger partial charge is 0.245 e. The highest BCUT2D eigenvalue weighted by molar-refractivity contribution is 6.36. The molecule has 0 radical (unpaired) electrons. The quantitative estimate of drug-likeness (QED) is 0.274. The number of carbonyl (C=O) groups excluding carboxylic acids is 1. The maximum atomic E-state index is 12.2. The number of likely N-dealkylation sites (tertiary alicyclic amines) is 1. The molecule has 38 heavy (non-hydrogen) atoms. The van der Waals surface area contributed by atoms with E-state index in [2.05, 4.69) is 70.1 Å². The summed E-state index contributed by atoms with van der Waals surface area (Å²) in [6.07, 6.45) is 4.89. The molecule has 0 bridgehead atoms. The van der Waals surface area contributed by atoms with E-state index in [9.17, 15) is 4.79 Å². The normalized spacial score (nSPS) is 14.7. The fourth-order valence-corrected chi connectivity index (χ4v) is 5.72. The number of nitrogens with one attached hydrogen (secondary N) is 2. The average molecular weight is 536 g/mol. The van der Waals surface area contributed by atoms with Gasteiger partial charge >= 0.3 is 0 Å². The Hall–Kier alpha value is -3.43. The Morgan fingerprint density at radius 2 is 1.97 bits per heavy atom. The molecule has 0 spiro atoms. The maximum absolute atomic E-state index is 12.2. The molecule has 0 atom stereocenters. The second kappa shape index (κ2) is 10.4. The number of likely N-dealkylation sites (N-methyl/N-ethyl adjacent to an activating group) is 1. The number of aromatic amines is 2. The van der Waals surface area contributed by atoms with E-state index < -0.39 is 0 Å². The van der Waals surface area contributed by atoms with Crippen molar-refractivity contribution >= 4 is 28.4 Å². The third-order valence-corrected chi connectivity index (χ3v) is 8.11. The van der Waals surface area contributed by atoms with E-state index in [4.69, 9.17) is 16.7 Å². The highest BCUT2D eigenvalue weighted by atomic mass is 35.5. The van der Waals surface area contributed by atoms with Crippen molar-refractivity contribution in [3.8, 4) is 22.5 Å². The summed E-state index contributed by atoms with van der Waals surface area (Å²) in [5, 5.41) is 17.9. The average Bonchev–Trinajstić information content (AvgIpc) is 3.60. The minimum Gasteiger partial charge on any atom is -0.339 e. The fourth-order valence-electron chi connectivity index (χ4n) is 5.47. The number of halogens is 1. The molecule has 1 saturated heterocycles. The molecule has 9 nitrogen and oxygen atoms in total. The van der Waals surface area contributed by atoms with Crippen LogP contribution in [0.15, 0.2) is 31.0 Å². The lowest BCUT2D eigenvalue weighted by molar-refractivity contribution is -0.753. The summed E-state index contributed by atoms with van der Waals surface area (Å²) in [7, 11) is 4.15. The molecule has 5 rings (SSSR count). The van der Waals surface area contributed by atoms with Crippen LogP contribution in [0.5, 0.6) is 0 Å². The lowest BCUT2D eigenvalue weighted by Crippen LogP contribution is -2.42. The predicted octanol–water partition coefficient (Wildman–Crippen LogP) is 4.20. The number of rotatable bonds is 7. The number of amides is 1. The van der Waals surface area contributed by atoms with E-state index in [0.717, 1.165) is 76.3 Å². The van der Waals surface area contributed by atoms with E-state index in [1.165, 1.54) is 6.08 Å². The van der Waals surface area contributed by atoms with Crippen LogP contribution in [-0.4, -0.2) is 74.5 Å². The molecule has 1 fully saturated rings. The molecule has 4 aromatic rings. The van der Waals surface area contributed by atoms with Crippen LogP contribution in [0.4, 0.5) is 0 Å². The molecule has 1 aliphatic rings. The SMILES string of the molecule is C=CC(=O)N1CCC(n2nc(-c3cc(C)[n+](CCN(C)C)[nH]3)c(-c3c(Cl)c(C)cc4[nH]ncc34)c2C)CC1. The highest BCUT2D eigenvalue weighted by Gasteiger charge is 2.30. The molecule has 1 amide bonds. The van der Waals surface area contributed by atoms with Crippen LogP contribution in [0, 0.1) is 20.8 Å². The maximum Gasteiger partial charge on any atom is 0.245 e. The monoisotopic (exact) mass is 535 g/mol. The molecule has 1 aromatic carbocycles. The van der Waals surface area contributed by atoms with E-state index in [-0.39, 0.29) is 11.9 Å². The largest absolute Gasteiger partial charge is 0.339 e. The molecule has 4 heterocycles. The van der Waals surface area contributed by atoms with Gasteiger partial charge in [-0.1, -0.05) is 18.2 Å². The van der Waals surface area contributed by atoms with Gasteiger partial charge in [-0.3, -0.25) is 14.6 Å². The first-order chi connectivity index (χ1) is 18.2. The topological polar surface area (TPSA) is 89.7 Å². The van der Waals surface area contributed by atoms with Crippen molar-refractivity contribution in [2.24, 2.45) is 0 Å². The van der Waals surface area contributed by atoms with Crippen molar-refractivity contribution < 1.29 is 9.48 Å². The van der Waals surface area contributed by atoms with Gasteiger partial charge in [-0.15, -0.1) is 4.68 Å². The van der Waals surface area contributed by atoms with Gasteiger partial charge in [-0.2, -0.15) is 15.3 Å². The van der Waals surface area contributed by atoms with Gasteiger partial charge in [0.15, 0.2) is 6.54 Å². The lowest BCUT2D eigenvalue weighted by Gasteiger charge is -2.32. The molecule has 0 saturated carbocycles. The molecular formula is C28H36ClN8O+. The zero-order valence-corrected chi connectivity index (χ0v) is 23.6. The first-order valence-corrected chi connectivity index (χ1v) is 13.4. The van der Waals surface area contributed by atoms with E-state index in [1.807, 2.05) is 24.1 Å². The summed E-state index contributed by atoms with van der Waals surface area (Å²) in [4.78, 5) is 16.2. The summed E-state index contributed by atoms with van der Waals surface area (Å²) in [6.45, 7) is 13.0. The van der Waals surface area contributed by atoms with Gasteiger partial charge in [-0.05, 0) is 58.5 Å². The van der Waals surface area contributed by atoms with Gasteiger partial charge in [0.25, 0.3) is 0 Å². The van der Waals surface area contributed by atoms with Gasteiger partial charge < -0.3 is 9.80 Å². The predicted molar refractivity (Wildman–Crippen MR) is 150 cm³/mol. The Kier molecular flexibility index (Phi) is 7.15. The molecule has 1 aliphatic heterocycles. The standard InChI is InChI=1S/C28H35ClN8O/c1-7-24(38)35-10-8-20(9-11-35)37-19(4)25(26-21-16-30-31-22(21)14-17(2)27(26)29)28(33-37)23-15-18(3)36(32-23)13-12-34(5)6/h7,14-16,20H,1,8-13H2,2-6H3,(H,30,31)/p+1. The first-order valence-electron chi connectivity index (χ1n) is 13.1. The van der Waals surface area contributed by atoms with Crippen molar-refractivity contribution in [3.63, 3.8) is 0 Å². The number of fused-ring (bicyclic) bond motifs is 1. The Morgan fingerprint density at radius 3 is 2.66 bits per heavy atom. The van der Waals surface area contributed by atoms with Crippen molar-refractivity contribution in [2.45, 2.75) is 46.2 Å². The van der Waals surface area contributed by atoms with Crippen LogP contribution in [0.1, 0.15) is 35.8 Å². The number of H-pyrrole nitrogens is 2. The van der Waals surface area contributed by atoms with Crippen molar-refractivity contribution in [1.82, 2.24) is 34.9 Å². The molecule has 2 N–H and O–H groups in total. The number of hydrogen-bond donors (Lipinski definition) is 2. The Balaban J connectivity index is 1.65. The number of aryl methyl sites for hydroxylation is 2. The zero-order chi connectivity index (χ0) is 27.1.